The van der Waals surface area contributed by atoms with Crippen molar-refractivity contribution in [2.24, 2.45) is 5.92 Å². The highest BCUT2D eigenvalue weighted by Crippen LogP contribution is 2.37. The van der Waals surface area contributed by atoms with Gasteiger partial charge in [-0.15, -0.1) is 11.3 Å². The maximum atomic E-state index is 13.2. The van der Waals surface area contributed by atoms with Crippen molar-refractivity contribution < 1.29 is 13.2 Å². The van der Waals surface area contributed by atoms with Gasteiger partial charge in [0.2, 0.25) is 5.91 Å². The Hall–Kier alpha value is -3.64. The van der Waals surface area contributed by atoms with Crippen LogP contribution in [0.2, 0.25) is 0 Å². The second kappa shape index (κ2) is 9.10. The van der Waals surface area contributed by atoms with E-state index in [4.69, 9.17) is 0 Å². The van der Waals surface area contributed by atoms with Crippen molar-refractivity contribution in [3.05, 3.63) is 64.0 Å². The summed E-state index contributed by atoms with van der Waals surface area (Å²) < 4.78 is 30.1. The van der Waals surface area contributed by atoms with Crippen molar-refractivity contribution in [1.82, 2.24) is 24.8 Å². The number of pyridine rings is 1. The third kappa shape index (κ3) is 4.37. The maximum absolute atomic E-state index is 13.2. The molecule has 0 bridgehead atoms. The summed E-state index contributed by atoms with van der Waals surface area (Å²) in [6, 6.07) is 6.91. The second-order valence-electron chi connectivity index (χ2n) is 8.80. The van der Waals surface area contributed by atoms with Crippen molar-refractivity contribution in [1.29, 1.82) is 0 Å². The van der Waals surface area contributed by atoms with Gasteiger partial charge in [0.15, 0.2) is 4.21 Å². The fourth-order valence-electron chi connectivity index (χ4n) is 4.43. The van der Waals surface area contributed by atoms with Gasteiger partial charge in [-0.25, -0.2) is 18.4 Å². The van der Waals surface area contributed by atoms with Crippen LogP contribution in [0.25, 0.3) is 22.0 Å². The van der Waals surface area contributed by atoms with Gasteiger partial charge < -0.3 is 5.32 Å². The quantitative estimate of drug-likeness (QED) is 0.396. The number of nitrogens with zero attached hydrogens (tertiary/aromatic N) is 4. The van der Waals surface area contributed by atoms with Gasteiger partial charge in [-0.05, 0) is 50.5 Å². The number of aryl methyl sites for hydroxylation is 2. The molecule has 4 aromatic rings. The van der Waals surface area contributed by atoms with E-state index in [0.29, 0.717) is 51.3 Å². The number of fused-ring (bicyclic) bond motifs is 1. The first-order chi connectivity index (χ1) is 17.2. The molecule has 2 N–H and O–H groups in total. The van der Waals surface area contributed by atoms with Crippen LogP contribution in [0.3, 0.4) is 0 Å². The van der Waals surface area contributed by atoms with Crippen LogP contribution in [0.15, 0.2) is 52.0 Å². The number of amides is 1. The predicted molar refractivity (Wildman–Crippen MR) is 137 cm³/mol. The van der Waals surface area contributed by atoms with Crippen molar-refractivity contribution in [2.75, 3.05) is 11.8 Å². The molecule has 186 valence electrons. The van der Waals surface area contributed by atoms with Crippen LogP contribution < -0.4 is 15.6 Å². The van der Waals surface area contributed by atoms with Crippen LogP contribution in [-0.2, 0) is 14.8 Å². The Morgan fingerprint density at radius 3 is 2.61 bits per heavy atom. The van der Waals surface area contributed by atoms with Crippen molar-refractivity contribution in [3.63, 3.8) is 0 Å². The molecule has 1 aliphatic carbocycles. The molecule has 0 radical (unpaired) electrons. The Kier molecular flexibility index (Phi) is 6.08. The zero-order valence-corrected chi connectivity index (χ0v) is 21.5. The maximum Gasteiger partial charge on any atom is 0.273 e. The Morgan fingerprint density at radius 1 is 1.14 bits per heavy atom. The Bertz CT molecular complexity index is 1650. The fourth-order valence-corrected chi connectivity index (χ4v) is 6.94. The molecule has 0 spiro atoms. The molecule has 0 atom stereocenters. The second-order valence-corrected chi connectivity index (χ2v) is 11.9. The topological polar surface area (TPSA) is 136 Å². The van der Waals surface area contributed by atoms with Gasteiger partial charge in [0.05, 0.1) is 39.8 Å². The lowest BCUT2D eigenvalue weighted by Gasteiger charge is -2.34. The van der Waals surface area contributed by atoms with E-state index >= 15 is 0 Å². The average molecular weight is 525 g/mol. The number of rotatable bonds is 6. The molecule has 3 aromatic heterocycles. The fraction of sp³-hybridized carbons (Fsp3) is 0.292. The molecule has 1 fully saturated rings. The van der Waals surface area contributed by atoms with Gasteiger partial charge in [-0.3, -0.25) is 23.9 Å². The number of carbonyl (C=O) groups is 1. The lowest BCUT2D eigenvalue weighted by atomic mass is 9.79. The smallest absolute Gasteiger partial charge is 0.273 e. The zero-order chi connectivity index (χ0) is 25.6. The summed E-state index contributed by atoms with van der Waals surface area (Å²) >= 11 is 1.11. The Morgan fingerprint density at radius 2 is 1.92 bits per heavy atom. The number of anilines is 1. The highest BCUT2D eigenvalue weighted by Gasteiger charge is 2.35. The number of sulfonamides is 1. The third-order valence-electron chi connectivity index (χ3n) is 6.34. The van der Waals surface area contributed by atoms with Gasteiger partial charge in [-0.2, -0.15) is 0 Å². The molecule has 1 aromatic carbocycles. The van der Waals surface area contributed by atoms with Gasteiger partial charge in [-0.1, -0.05) is 6.07 Å². The summed E-state index contributed by atoms with van der Waals surface area (Å²) in [6.45, 7) is 3.41. The number of thiazole rings is 1. The molecule has 36 heavy (non-hydrogen) atoms. The van der Waals surface area contributed by atoms with Crippen molar-refractivity contribution in [2.45, 2.75) is 36.9 Å². The highest BCUT2D eigenvalue weighted by atomic mass is 32.2. The number of hydrogen-bond donors (Lipinski definition) is 2. The van der Waals surface area contributed by atoms with E-state index in [0.717, 1.165) is 11.3 Å². The normalized spacial score (nSPS) is 17.5. The number of nitrogens with one attached hydrogen (secondary N) is 2. The summed E-state index contributed by atoms with van der Waals surface area (Å²) in [4.78, 5) is 37.9. The minimum atomic E-state index is -3.81. The molecule has 12 heteroatoms. The van der Waals surface area contributed by atoms with Crippen LogP contribution in [-0.4, -0.2) is 40.9 Å². The largest absolute Gasteiger partial charge is 0.359 e. The Balaban J connectivity index is 1.44. The van der Waals surface area contributed by atoms with Crippen LogP contribution in [0.5, 0.6) is 0 Å². The highest BCUT2D eigenvalue weighted by molar-refractivity contribution is 7.94. The van der Waals surface area contributed by atoms with Crippen LogP contribution in [0, 0.1) is 19.8 Å². The van der Waals surface area contributed by atoms with Gasteiger partial charge in [0.25, 0.3) is 15.6 Å². The summed E-state index contributed by atoms with van der Waals surface area (Å²) in [5.41, 5.74) is 2.48. The minimum Gasteiger partial charge on any atom is -0.359 e. The van der Waals surface area contributed by atoms with Crippen LogP contribution in [0.1, 0.15) is 29.6 Å². The number of aromatic nitrogens is 4. The van der Waals surface area contributed by atoms with Crippen molar-refractivity contribution in [3.8, 4) is 11.1 Å². The van der Waals surface area contributed by atoms with E-state index in [1.807, 2.05) is 6.07 Å². The van der Waals surface area contributed by atoms with E-state index in [1.165, 1.54) is 12.5 Å². The summed E-state index contributed by atoms with van der Waals surface area (Å²) in [5.74, 6) is -0.108. The van der Waals surface area contributed by atoms with Gasteiger partial charge in [0, 0.05) is 30.8 Å². The van der Waals surface area contributed by atoms with Crippen molar-refractivity contribution >= 4 is 43.9 Å². The van der Waals surface area contributed by atoms with Crippen LogP contribution in [0.4, 0.5) is 5.69 Å². The van der Waals surface area contributed by atoms with E-state index in [-0.39, 0.29) is 27.6 Å². The zero-order valence-electron chi connectivity index (χ0n) is 19.8. The molecule has 5 rings (SSSR count). The number of hydrogen-bond acceptors (Lipinski definition) is 8. The third-order valence-corrected chi connectivity index (χ3v) is 9.40. The minimum absolute atomic E-state index is 0.0148. The summed E-state index contributed by atoms with van der Waals surface area (Å²) in [7, 11) is -2.21. The first kappa shape index (κ1) is 24.1. The molecule has 0 unspecified atom stereocenters. The van der Waals surface area contributed by atoms with E-state index < -0.39 is 10.0 Å². The lowest BCUT2D eigenvalue weighted by molar-refractivity contribution is -0.128. The van der Waals surface area contributed by atoms with E-state index in [9.17, 15) is 18.0 Å². The molecule has 1 saturated carbocycles. The number of benzene rings is 1. The molecule has 1 amide bonds. The van der Waals surface area contributed by atoms with Gasteiger partial charge >= 0.3 is 0 Å². The molecular weight excluding hydrogens is 500 g/mol. The molecule has 3 heterocycles. The standard InChI is InChI=1S/C24H24N6O4S2/c1-13-24(35-14(2)28-13)36(33,34)29-18-6-17(10-26-11-18)15-4-5-21-20(9-15)23(32)30(12-27-21)19-7-16(8-19)22(31)25-3/h4-6,9-12,16,19,29H,7-8H2,1-3H3,(H,25,31)/t16-,19+. The summed E-state index contributed by atoms with van der Waals surface area (Å²) in [5, 5.41) is 3.76. The van der Waals surface area contributed by atoms with E-state index in [2.05, 4.69) is 25.0 Å². The summed E-state index contributed by atoms with van der Waals surface area (Å²) in [6.07, 6.45) is 5.76. The SMILES string of the molecule is CNC(=O)[C@H]1C[C@@H](n2cnc3ccc(-c4cncc(NS(=O)(=O)c5sc(C)nc5C)c4)cc3c2=O)C1. The molecule has 0 aliphatic heterocycles. The van der Waals surface area contributed by atoms with Gasteiger partial charge in [0.1, 0.15) is 0 Å². The molecule has 1 aliphatic rings. The molecule has 0 saturated heterocycles. The Labute approximate surface area is 211 Å². The number of carbonyl (C=O) groups excluding carboxylic acids is 1. The first-order valence-corrected chi connectivity index (χ1v) is 13.6. The molecular formula is C24H24N6O4S2. The monoisotopic (exact) mass is 524 g/mol. The van der Waals surface area contributed by atoms with Crippen LogP contribution >= 0.6 is 11.3 Å². The predicted octanol–water partition coefficient (Wildman–Crippen LogP) is 3.03. The average Bonchev–Trinajstić information content (AvgIpc) is 3.18. The lowest BCUT2D eigenvalue weighted by Crippen LogP contribution is -2.41. The van der Waals surface area contributed by atoms with E-state index in [1.54, 1.807) is 49.9 Å². The first-order valence-electron chi connectivity index (χ1n) is 11.3. The molecule has 10 nitrogen and oxygen atoms in total.